The predicted molar refractivity (Wildman–Crippen MR) is 141 cm³/mol. The van der Waals surface area contributed by atoms with Crippen molar-refractivity contribution in [2.45, 2.75) is 38.3 Å². The van der Waals surface area contributed by atoms with Crippen molar-refractivity contribution in [1.29, 1.82) is 0 Å². The van der Waals surface area contributed by atoms with Gasteiger partial charge in [-0.15, -0.1) is 0 Å². The molecule has 0 saturated heterocycles. The van der Waals surface area contributed by atoms with E-state index >= 15 is 0 Å². The Balaban J connectivity index is 1.82. The largest absolute Gasteiger partial charge is 0.493 e. The molecule has 0 fully saturated rings. The molecule has 10 heteroatoms. The van der Waals surface area contributed by atoms with Gasteiger partial charge in [0.2, 0.25) is 5.75 Å². The SMILES string of the molecule is COc1ccnc(C(=S)N[C@](C)(C=O)CO[C@@H](C)C(c2ccc(F)cc2)c2ccc(F)cc2)c1OC(C)=O. The number of pyridine rings is 1. The highest BCUT2D eigenvalue weighted by Gasteiger charge is 2.31. The van der Waals surface area contributed by atoms with Gasteiger partial charge in [0.05, 0.1) is 19.8 Å². The molecule has 0 unspecified atom stereocenters. The Kier molecular flexibility index (Phi) is 9.60. The quantitative estimate of drug-likeness (QED) is 0.211. The first-order valence-electron chi connectivity index (χ1n) is 11.7. The van der Waals surface area contributed by atoms with Gasteiger partial charge in [-0.1, -0.05) is 36.5 Å². The van der Waals surface area contributed by atoms with Crippen LogP contribution in [0.2, 0.25) is 0 Å². The zero-order chi connectivity index (χ0) is 27.9. The van der Waals surface area contributed by atoms with Crippen LogP contribution in [0.15, 0.2) is 60.8 Å². The number of hydrogen-bond acceptors (Lipinski definition) is 7. The fourth-order valence-corrected chi connectivity index (χ4v) is 4.27. The van der Waals surface area contributed by atoms with Gasteiger partial charge in [-0.25, -0.2) is 13.8 Å². The van der Waals surface area contributed by atoms with Crippen molar-refractivity contribution in [3.63, 3.8) is 0 Å². The molecule has 0 aliphatic rings. The summed E-state index contributed by atoms with van der Waals surface area (Å²) in [6.45, 7) is 4.53. The average Bonchev–Trinajstić information content (AvgIpc) is 2.89. The first kappa shape index (κ1) is 28.8. The fraction of sp³-hybridized carbons (Fsp3) is 0.286. The van der Waals surface area contributed by atoms with Crippen LogP contribution >= 0.6 is 12.2 Å². The number of hydrogen-bond donors (Lipinski definition) is 1. The summed E-state index contributed by atoms with van der Waals surface area (Å²) in [5, 5.41) is 2.94. The number of aldehydes is 1. The summed E-state index contributed by atoms with van der Waals surface area (Å²) in [7, 11) is 1.41. The van der Waals surface area contributed by atoms with Crippen molar-refractivity contribution in [1.82, 2.24) is 10.3 Å². The van der Waals surface area contributed by atoms with Crippen LogP contribution in [0.3, 0.4) is 0 Å². The summed E-state index contributed by atoms with van der Waals surface area (Å²) in [6, 6.07) is 13.4. The number of benzene rings is 2. The minimum Gasteiger partial charge on any atom is -0.493 e. The molecule has 0 radical (unpaired) electrons. The van der Waals surface area contributed by atoms with Crippen LogP contribution < -0.4 is 14.8 Å². The smallest absolute Gasteiger partial charge is 0.308 e. The Morgan fingerprint density at radius 3 is 2.11 bits per heavy atom. The van der Waals surface area contributed by atoms with Crippen LogP contribution in [0.1, 0.15) is 43.5 Å². The van der Waals surface area contributed by atoms with Crippen LogP contribution in [0, 0.1) is 11.6 Å². The zero-order valence-corrected chi connectivity index (χ0v) is 22.2. The normalized spacial score (nSPS) is 13.3. The third-order valence-corrected chi connectivity index (χ3v) is 6.08. The van der Waals surface area contributed by atoms with E-state index in [0.29, 0.717) is 6.29 Å². The third-order valence-electron chi connectivity index (χ3n) is 5.78. The van der Waals surface area contributed by atoms with Crippen molar-refractivity contribution >= 4 is 29.5 Å². The molecular formula is C28H28F2N2O5S. The lowest BCUT2D eigenvalue weighted by molar-refractivity contribution is -0.132. The minimum absolute atomic E-state index is 0.0234. The van der Waals surface area contributed by atoms with Crippen molar-refractivity contribution < 1.29 is 32.6 Å². The number of carbonyl (C=O) groups is 2. The van der Waals surface area contributed by atoms with Gasteiger partial charge in [0.15, 0.2) is 5.75 Å². The summed E-state index contributed by atoms with van der Waals surface area (Å²) < 4.78 is 43.8. The van der Waals surface area contributed by atoms with Crippen molar-refractivity contribution in [2.24, 2.45) is 0 Å². The molecule has 200 valence electrons. The second kappa shape index (κ2) is 12.7. The maximum atomic E-state index is 13.6. The number of aromatic nitrogens is 1. The highest BCUT2D eigenvalue weighted by molar-refractivity contribution is 7.80. The predicted octanol–water partition coefficient (Wildman–Crippen LogP) is 4.75. The lowest BCUT2D eigenvalue weighted by Crippen LogP contribution is -2.51. The monoisotopic (exact) mass is 542 g/mol. The summed E-state index contributed by atoms with van der Waals surface area (Å²) in [5.41, 5.74) is 0.340. The molecule has 38 heavy (non-hydrogen) atoms. The third kappa shape index (κ3) is 7.17. The maximum Gasteiger partial charge on any atom is 0.308 e. The van der Waals surface area contributed by atoms with E-state index < -0.39 is 17.6 Å². The number of thiocarbonyl (C=S) groups is 1. The standard InChI is InChI=1S/C28H28F2N2O5S/c1-17(24(19-5-9-21(29)10-6-19)20-7-11-22(30)12-8-20)36-16-28(3,15-33)32-27(38)25-26(37-18(2)34)23(35-4)13-14-31-25/h5-15,17,24H,16H2,1-4H3,(H,32,38)/t17-,28+/m0/s1. The van der Waals surface area contributed by atoms with Gasteiger partial charge >= 0.3 is 5.97 Å². The zero-order valence-electron chi connectivity index (χ0n) is 21.4. The molecular weight excluding hydrogens is 514 g/mol. The molecule has 1 aromatic heterocycles. The number of esters is 1. The van der Waals surface area contributed by atoms with Crippen LogP contribution in [0.25, 0.3) is 0 Å². The molecule has 0 bridgehead atoms. The van der Waals surface area contributed by atoms with E-state index in [4.69, 9.17) is 26.4 Å². The summed E-state index contributed by atoms with van der Waals surface area (Å²) in [4.78, 5) is 28.0. The molecule has 0 saturated carbocycles. The molecule has 3 aromatic rings. The highest BCUT2D eigenvalue weighted by Crippen LogP contribution is 2.32. The lowest BCUT2D eigenvalue weighted by Gasteiger charge is -2.31. The van der Waals surface area contributed by atoms with Crippen LogP contribution in [0.4, 0.5) is 8.78 Å². The van der Waals surface area contributed by atoms with E-state index in [0.717, 1.165) is 11.1 Å². The molecule has 1 N–H and O–H groups in total. The van der Waals surface area contributed by atoms with Gasteiger partial charge in [0.1, 0.15) is 34.1 Å². The molecule has 1 heterocycles. The van der Waals surface area contributed by atoms with Gasteiger partial charge < -0.3 is 24.3 Å². The van der Waals surface area contributed by atoms with E-state index in [1.165, 1.54) is 50.6 Å². The second-order valence-electron chi connectivity index (χ2n) is 8.87. The van der Waals surface area contributed by atoms with Gasteiger partial charge in [0.25, 0.3) is 0 Å². The Labute approximate surface area is 225 Å². The van der Waals surface area contributed by atoms with Crippen LogP contribution in [0.5, 0.6) is 11.5 Å². The number of halogens is 2. The number of rotatable bonds is 11. The molecule has 0 aliphatic carbocycles. The van der Waals surface area contributed by atoms with E-state index in [2.05, 4.69) is 10.3 Å². The van der Waals surface area contributed by atoms with Crippen molar-refractivity contribution in [2.75, 3.05) is 13.7 Å². The van der Waals surface area contributed by atoms with Crippen molar-refractivity contribution in [3.05, 3.63) is 89.2 Å². The maximum absolute atomic E-state index is 13.6. The Morgan fingerprint density at radius 1 is 1.08 bits per heavy atom. The number of carbonyl (C=O) groups excluding carboxylic acids is 2. The van der Waals surface area contributed by atoms with Gasteiger partial charge in [-0.3, -0.25) is 4.79 Å². The minimum atomic E-state index is -1.29. The Bertz CT molecular complexity index is 1240. The topological polar surface area (TPSA) is 86.8 Å². The molecule has 0 spiro atoms. The van der Waals surface area contributed by atoms with E-state index in [1.807, 2.05) is 6.92 Å². The number of nitrogens with one attached hydrogen (secondary N) is 1. The van der Waals surface area contributed by atoms with Gasteiger partial charge in [-0.2, -0.15) is 0 Å². The Morgan fingerprint density at radius 2 is 1.63 bits per heavy atom. The van der Waals surface area contributed by atoms with Gasteiger partial charge in [-0.05, 0) is 49.2 Å². The number of methoxy groups -OCH3 is 1. The van der Waals surface area contributed by atoms with E-state index in [1.54, 1.807) is 31.2 Å². The first-order valence-corrected chi connectivity index (χ1v) is 12.1. The van der Waals surface area contributed by atoms with Crippen molar-refractivity contribution in [3.8, 4) is 11.5 Å². The highest BCUT2D eigenvalue weighted by atomic mass is 32.1. The fourth-order valence-electron chi connectivity index (χ4n) is 3.89. The van der Waals surface area contributed by atoms with Crippen LogP contribution in [-0.4, -0.2) is 47.6 Å². The number of nitrogens with zero attached hydrogens (tertiary/aromatic N) is 1. The Hall–Kier alpha value is -3.76. The summed E-state index contributed by atoms with van der Waals surface area (Å²) in [6.07, 6.45) is 1.58. The summed E-state index contributed by atoms with van der Waals surface area (Å²) >= 11 is 5.49. The lowest BCUT2D eigenvalue weighted by atomic mass is 9.87. The average molecular weight is 543 g/mol. The van der Waals surface area contributed by atoms with E-state index in [9.17, 15) is 18.4 Å². The number of ether oxygens (including phenoxy) is 3. The first-order chi connectivity index (χ1) is 18.1. The molecule has 0 amide bonds. The van der Waals surface area contributed by atoms with E-state index in [-0.39, 0.29) is 46.3 Å². The van der Waals surface area contributed by atoms with Gasteiger partial charge in [0, 0.05) is 25.1 Å². The molecule has 2 atom stereocenters. The molecule has 2 aromatic carbocycles. The molecule has 7 nitrogen and oxygen atoms in total. The second-order valence-corrected chi connectivity index (χ2v) is 9.28. The molecule has 0 aliphatic heterocycles. The summed E-state index contributed by atoms with van der Waals surface area (Å²) in [5.74, 6) is -1.47. The van der Waals surface area contributed by atoms with Crippen LogP contribution in [-0.2, 0) is 14.3 Å². The molecule has 3 rings (SSSR count).